The summed E-state index contributed by atoms with van der Waals surface area (Å²) < 4.78 is 27.4. The number of carbonyl (C=O) groups excluding carboxylic acids is 2. The van der Waals surface area contributed by atoms with Gasteiger partial charge in [-0.15, -0.1) is 6.58 Å². The molecule has 0 radical (unpaired) electrons. The maximum atomic E-state index is 13.0. The predicted molar refractivity (Wildman–Crippen MR) is 120 cm³/mol. The first-order valence-corrected chi connectivity index (χ1v) is 11.6. The molecule has 164 valence electrons. The lowest BCUT2D eigenvalue weighted by Crippen LogP contribution is -2.43. The highest BCUT2D eigenvalue weighted by Gasteiger charge is 2.33. The van der Waals surface area contributed by atoms with Gasteiger partial charge in [0.1, 0.15) is 0 Å². The van der Waals surface area contributed by atoms with Gasteiger partial charge in [-0.05, 0) is 44.0 Å². The normalized spacial score (nSPS) is 17.0. The molecule has 0 aliphatic carbocycles. The number of anilines is 1. The minimum Gasteiger partial charge on any atom is -0.349 e. The first-order valence-electron chi connectivity index (χ1n) is 10.2. The zero-order valence-electron chi connectivity index (χ0n) is 17.5. The number of piperidine rings is 1. The lowest BCUT2D eigenvalue weighted by Gasteiger charge is -2.31. The molecule has 1 aliphatic heterocycles. The van der Waals surface area contributed by atoms with E-state index in [1.807, 2.05) is 6.92 Å². The van der Waals surface area contributed by atoms with Crippen LogP contribution in [0.4, 0.5) is 5.69 Å². The summed E-state index contributed by atoms with van der Waals surface area (Å²) in [6.45, 7) is 6.26. The number of nitrogens with zero attached hydrogens (tertiary/aromatic N) is 1. The van der Waals surface area contributed by atoms with E-state index in [0.717, 1.165) is 5.56 Å². The SMILES string of the molecule is C=CCNC(=O)c1ccccc1NC(=O)[C@@H]1CCCN(S(=O)(=O)c2ccc(C)cc2)C1. The van der Waals surface area contributed by atoms with Crippen LogP contribution in [0.25, 0.3) is 0 Å². The quantitative estimate of drug-likeness (QED) is 0.646. The smallest absolute Gasteiger partial charge is 0.253 e. The Hall–Kier alpha value is -2.97. The fraction of sp³-hybridized carbons (Fsp3) is 0.304. The van der Waals surface area contributed by atoms with Gasteiger partial charge in [0.15, 0.2) is 0 Å². The van der Waals surface area contributed by atoms with Gasteiger partial charge in [-0.2, -0.15) is 4.31 Å². The highest BCUT2D eigenvalue weighted by atomic mass is 32.2. The second kappa shape index (κ2) is 9.89. The molecular formula is C23H27N3O4S. The van der Waals surface area contributed by atoms with Crippen molar-refractivity contribution in [2.45, 2.75) is 24.7 Å². The zero-order valence-corrected chi connectivity index (χ0v) is 18.3. The molecule has 1 atom stereocenters. The second-order valence-electron chi connectivity index (χ2n) is 7.55. The van der Waals surface area contributed by atoms with E-state index < -0.39 is 15.9 Å². The Morgan fingerprint density at radius 1 is 1.16 bits per heavy atom. The summed E-state index contributed by atoms with van der Waals surface area (Å²) in [5.41, 5.74) is 1.72. The number of para-hydroxylation sites is 1. The number of amides is 2. The van der Waals surface area contributed by atoms with Gasteiger partial charge in [0.25, 0.3) is 5.91 Å². The first kappa shape index (κ1) is 22.7. The van der Waals surface area contributed by atoms with E-state index in [-0.39, 0.29) is 23.3 Å². The van der Waals surface area contributed by atoms with Crippen LogP contribution in [0.2, 0.25) is 0 Å². The number of aryl methyl sites for hydroxylation is 1. The van der Waals surface area contributed by atoms with Gasteiger partial charge in [0.2, 0.25) is 15.9 Å². The minimum atomic E-state index is -3.67. The number of hydrogen-bond donors (Lipinski definition) is 2. The van der Waals surface area contributed by atoms with Crippen LogP contribution in [-0.2, 0) is 14.8 Å². The molecule has 2 N–H and O–H groups in total. The van der Waals surface area contributed by atoms with Crippen LogP contribution >= 0.6 is 0 Å². The topological polar surface area (TPSA) is 95.6 Å². The monoisotopic (exact) mass is 441 g/mol. The van der Waals surface area contributed by atoms with Crippen LogP contribution in [0.3, 0.4) is 0 Å². The largest absolute Gasteiger partial charge is 0.349 e. The fourth-order valence-electron chi connectivity index (χ4n) is 3.52. The molecule has 1 aliphatic rings. The Kier molecular flexibility index (Phi) is 7.25. The zero-order chi connectivity index (χ0) is 22.4. The van der Waals surface area contributed by atoms with Crippen LogP contribution in [0, 0.1) is 12.8 Å². The molecule has 2 aromatic rings. The second-order valence-corrected chi connectivity index (χ2v) is 9.49. The number of sulfonamides is 1. The average molecular weight is 442 g/mol. The van der Waals surface area contributed by atoms with Crippen molar-refractivity contribution in [1.29, 1.82) is 0 Å². The van der Waals surface area contributed by atoms with Gasteiger partial charge in [0, 0.05) is 19.6 Å². The molecule has 0 bridgehead atoms. The summed E-state index contributed by atoms with van der Waals surface area (Å²) in [6.07, 6.45) is 2.74. The summed E-state index contributed by atoms with van der Waals surface area (Å²) in [7, 11) is -3.67. The van der Waals surface area contributed by atoms with E-state index >= 15 is 0 Å². The summed E-state index contributed by atoms with van der Waals surface area (Å²) in [5.74, 6) is -1.12. The Bertz CT molecular complexity index is 1060. The number of carbonyl (C=O) groups is 2. The Morgan fingerprint density at radius 2 is 1.87 bits per heavy atom. The summed E-state index contributed by atoms with van der Waals surface area (Å²) in [4.78, 5) is 25.5. The van der Waals surface area contributed by atoms with E-state index in [0.29, 0.717) is 37.2 Å². The molecule has 0 aromatic heterocycles. The van der Waals surface area contributed by atoms with Crippen molar-refractivity contribution >= 4 is 27.5 Å². The first-order chi connectivity index (χ1) is 14.8. The van der Waals surface area contributed by atoms with Crippen molar-refractivity contribution in [2.24, 2.45) is 5.92 Å². The van der Waals surface area contributed by atoms with Gasteiger partial charge in [-0.1, -0.05) is 35.9 Å². The van der Waals surface area contributed by atoms with E-state index in [4.69, 9.17) is 0 Å². The highest BCUT2D eigenvalue weighted by Crippen LogP contribution is 2.25. The van der Waals surface area contributed by atoms with Crippen molar-refractivity contribution < 1.29 is 18.0 Å². The molecule has 0 saturated carbocycles. The Morgan fingerprint density at radius 3 is 2.58 bits per heavy atom. The van der Waals surface area contributed by atoms with Gasteiger partial charge in [-0.3, -0.25) is 9.59 Å². The number of rotatable bonds is 7. The number of nitrogens with one attached hydrogen (secondary N) is 2. The Balaban J connectivity index is 1.73. The van der Waals surface area contributed by atoms with Crippen LogP contribution in [0.1, 0.15) is 28.8 Å². The van der Waals surface area contributed by atoms with E-state index in [9.17, 15) is 18.0 Å². The van der Waals surface area contributed by atoms with Crippen molar-refractivity contribution in [3.63, 3.8) is 0 Å². The van der Waals surface area contributed by atoms with Crippen LogP contribution in [-0.4, -0.2) is 44.2 Å². The summed E-state index contributed by atoms with van der Waals surface area (Å²) in [5, 5.41) is 5.50. The molecule has 1 fully saturated rings. The molecular weight excluding hydrogens is 414 g/mol. The summed E-state index contributed by atoms with van der Waals surface area (Å²) >= 11 is 0. The standard InChI is InChI=1S/C23H27N3O4S/c1-3-14-24-23(28)20-8-4-5-9-21(20)25-22(27)18-7-6-15-26(16-18)31(29,30)19-12-10-17(2)11-13-19/h3-5,8-13,18H,1,6-7,14-16H2,2H3,(H,24,28)(H,25,27)/t18-/m1/s1. The lowest BCUT2D eigenvalue weighted by molar-refractivity contribution is -0.120. The molecule has 0 unspecified atom stereocenters. The number of hydrogen-bond acceptors (Lipinski definition) is 4. The van der Waals surface area contributed by atoms with Gasteiger partial charge >= 0.3 is 0 Å². The molecule has 7 nitrogen and oxygen atoms in total. The number of benzene rings is 2. The molecule has 8 heteroatoms. The highest BCUT2D eigenvalue weighted by molar-refractivity contribution is 7.89. The molecule has 31 heavy (non-hydrogen) atoms. The third kappa shape index (κ3) is 5.39. The van der Waals surface area contributed by atoms with Crippen molar-refractivity contribution in [3.8, 4) is 0 Å². The molecule has 1 heterocycles. The van der Waals surface area contributed by atoms with Gasteiger partial charge < -0.3 is 10.6 Å². The third-order valence-corrected chi connectivity index (χ3v) is 7.13. The van der Waals surface area contributed by atoms with Crippen LogP contribution < -0.4 is 10.6 Å². The molecule has 1 saturated heterocycles. The van der Waals surface area contributed by atoms with Crippen molar-refractivity contribution in [3.05, 3.63) is 72.3 Å². The molecule has 3 rings (SSSR count). The predicted octanol–water partition coefficient (Wildman–Crippen LogP) is 2.95. The van der Waals surface area contributed by atoms with Gasteiger partial charge in [0.05, 0.1) is 22.1 Å². The molecule has 2 aromatic carbocycles. The average Bonchev–Trinajstić information content (AvgIpc) is 2.78. The van der Waals surface area contributed by atoms with E-state index in [1.54, 1.807) is 54.6 Å². The lowest BCUT2D eigenvalue weighted by atomic mass is 9.98. The fourth-order valence-corrected chi connectivity index (χ4v) is 5.04. The Labute approximate surface area is 183 Å². The van der Waals surface area contributed by atoms with E-state index in [2.05, 4.69) is 17.2 Å². The summed E-state index contributed by atoms with van der Waals surface area (Å²) in [6, 6.07) is 13.4. The van der Waals surface area contributed by atoms with Crippen LogP contribution in [0.15, 0.2) is 66.1 Å². The molecule has 2 amide bonds. The van der Waals surface area contributed by atoms with Crippen molar-refractivity contribution in [1.82, 2.24) is 9.62 Å². The van der Waals surface area contributed by atoms with Crippen LogP contribution in [0.5, 0.6) is 0 Å². The van der Waals surface area contributed by atoms with Gasteiger partial charge in [-0.25, -0.2) is 8.42 Å². The minimum absolute atomic E-state index is 0.104. The maximum absolute atomic E-state index is 13.0. The molecule has 0 spiro atoms. The van der Waals surface area contributed by atoms with E-state index in [1.165, 1.54) is 4.31 Å². The maximum Gasteiger partial charge on any atom is 0.253 e. The third-order valence-electron chi connectivity index (χ3n) is 5.25. The van der Waals surface area contributed by atoms with Crippen molar-refractivity contribution in [2.75, 3.05) is 25.0 Å².